The van der Waals surface area contributed by atoms with Crippen molar-refractivity contribution in [3.63, 3.8) is 0 Å². The van der Waals surface area contributed by atoms with Crippen molar-refractivity contribution < 1.29 is 22.4 Å². The summed E-state index contributed by atoms with van der Waals surface area (Å²) in [5.74, 6) is 0.867. The third-order valence-corrected chi connectivity index (χ3v) is 10.3. The molecule has 0 saturated heterocycles. The third-order valence-electron chi connectivity index (χ3n) is 9.20. The van der Waals surface area contributed by atoms with Gasteiger partial charge in [0.25, 0.3) is 0 Å². The molecule has 210 valence electrons. The van der Waals surface area contributed by atoms with E-state index < -0.39 is 40.2 Å². The van der Waals surface area contributed by atoms with Crippen LogP contribution in [-0.2, 0) is 31.6 Å². The number of hydrogen-bond donors (Lipinski definition) is 1. The summed E-state index contributed by atoms with van der Waals surface area (Å²) in [4.78, 5) is 27.2. The fourth-order valence-corrected chi connectivity index (χ4v) is 8.51. The van der Waals surface area contributed by atoms with E-state index in [9.17, 15) is 22.4 Å². The van der Waals surface area contributed by atoms with Crippen molar-refractivity contribution in [3.8, 4) is 0 Å². The molecule has 7 nitrogen and oxygen atoms in total. The zero-order chi connectivity index (χ0) is 27.9. The summed E-state index contributed by atoms with van der Waals surface area (Å²) >= 11 is 0. The van der Waals surface area contributed by atoms with E-state index in [2.05, 4.69) is 5.32 Å². The average molecular weight is 556 g/mol. The van der Waals surface area contributed by atoms with Crippen molar-refractivity contribution in [2.75, 3.05) is 24.2 Å². The number of anilines is 1. The van der Waals surface area contributed by atoms with E-state index in [-0.39, 0.29) is 17.5 Å². The molecule has 4 bridgehead atoms. The van der Waals surface area contributed by atoms with Gasteiger partial charge < -0.3 is 10.2 Å². The van der Waals surface area contributed by atoms with Crippen LogP contribution >= 0.6 is 0 Å². The van der Waals surface area contributed by atoms with Crippen molar-refractivity contribution >= 4 is 27.5 Å². The molecule has 2 aromatic carbocycles. The fourth-order valence-electron chi connectivity index (χ4n) is 7.66. The lowest BCUT2D eigenvalue weighted by molar-refractivity contribution is -0.139. The molecule has 0 spiro atoms. The van der Waals surface area contributed by atoms with Crippen LogP contribution < -0.4 is 9.62 Å². The van der Waals surface area contributed by atoms with Crippen LogP contribution in [0.2, 0.25) is 0 Å². The zero-order valence-electron chi connectivity index (χ0n) is 22.9. The van der Waals surface area contributed by atoms with E-state index in [0.717, 1.165) is 28.3 Å². The number of nitrogens with one attached hydrogen (secondary N) is 1. The maximum atomic E-state index is 14.4. The second kappa shape index (κ2) is 10.6. The highest BCUT2D eigenvalue weighted by molar-refractivity contribution is 7.92. The third kappa shape index (κ3) is 5.55. The van der Waals surface area contributed by atoms with E-state index in [4.69, 9.17) is 0 Å². The Bertz CT molecular complexity index is 1310. The number of nitrogens with zero attached hydrogens (tertiary/aromatic N) is 2. The molecular weight excluding hydrogens is 517 g/mol. The lowest BCUT2D eigenvalue weighted by Crippen LogP contribution is -2.50. The van der Waals surface area contributed by atoms with Gasteiger partial charge in [-0.1, -0.05) is 30.3 Å². The topological polar surface area (TPSA) is 86.8 Å². The molecule has 4 aliphatic rings. The summed E-state index contributed by atoms with van der Waals surface area (Å²) in [7, 11) is -2.37. The average Bonchev–Trinajstić information content (AvgIpc) is 2.89. The first-order chi connectivity index (χ1) is 18.5. The summed E-state index contributed by atoms with van der Waals surface area (Å²) in [5, 5.41) is 2.52. The summed E-state index contributed by atoms with van der Waals surface area (Å²) < 4.78 is 41.3. The molecule has 4 fully saturated rings. The molecular formula is C30H38FN3O4S. The molecule has 1 atom stereocenters. The summed E-state index contributed by atoms with van der Waals surface area (Å²) in [5.41, 5.74) is 2.09. The first-order valence-corrected chi connectivity index (χ1v) is 15.7. The SMILES string of the molecule is CNC(=O)C(C)N(Cc1ccccc1F)C(=O)CN(c1ccc(C23CC4CC(CC(C4)C2)C3)cc1)S(C)(=O)=O. The Balaban J connectivity index is 1.39. The number of carbonyl (C=O) groups excluding carboxylic acids is 2. The number of likely N-dealkylation sites (N-methyl/N-ethyl adjacent to an activating group) is 1. The predicted octanol–water partition coefficient (Wildman–Crippen LogP) is 4.22. The van der Waals surface area contributed by atoms with Gasteiger partial charge in [-0.05, 0) is 92.4 Å². The quantitative estimate of drug-likeness (QED) is 0.502. The Hall–Kier alpha value is -2.94. The Morgan fingerprint density at radius 3 is 2.08 bits per heavy atom. The second-order valence-corrected chi connectivity index (χ2v) is 13.8. The van der Waals surface area contributed by atoms with Crippen molar-refractivity contribution in [1.29, 1.82) is 0 Å². The number of hydrogen-bond acceptors (Lipinski definition) is 4. The van der Waals surface area contributed by atoms with Crippen LogP contribution in [-0.4, -0.2) is 51.0 Å². The second-order valence-electron chi connectivity index (χ2n) is 11.9. The minimum atomic E-state index is -3.83. The van der Waals surface area contributed by atoms with E-state index in [1.165, 1.54) is 62.1 Å². The van der Waals surface area contributed by atoms with Crippen LogP contribution in [0.15, 0.2) is 48.5 Å². The highest BCUT2D eigenvalue weighted by Gasteiger charge is 2.51. The summed E-state index contributed by atoms with van der Waals surface area (Å²) in [6.07, 6.45) is 8.72. The molecule has 0 heterocycles. The molecule has 4 saturated carbocycles. The number of halogens is 1. The van der Waals surface area contributed by atoms with Crippen LogP contribution in [0.25, 0.3) is 0 Å². The van der Waals surface area contributed by atoms with Crippen molar-refractivity contribution in [3.05, 3.63) is 65.5 Å². The predicted molar refractivity (Wildman–Crippen MR) is 149 cm³/mol. The molecule has 4 aliphatic carbocycles. The molecule has 0 aromatic heterocycles. The Morgan fingerprint density at radius 1 is 1.00 bits per heavy atom. The maximum Gasteiger partial charge on any atom is 0.244 e. The number of rotatable bonds is 9. The van der Waals surface area contributed by atoms with Crippen LogP contribution in [0.4, 0.5) is 10.1 Å². The Labute approximate surface area is 230 Å². The van der Waals surface area contributed by atoms with Crippen LogP contribution in [0.5, 0.6) is 0 Å². The monoisotopic (exact) mass is 555 g/mol. The Morgan fingerprint density at radius 2 is 1.56 bits per heavy atom. The molecule has 1 unspecified atom stereocenters. The van der Waals surface area contributed by atoms with Gasteiger partial charge in [0.1, 0.15) is 18.4 Å². The first kappa shape index (κ1) is 27.6. The Kier molecular flexibility index (Phi) is 7.48. The van der Waals surface area contributed by atoms with Crippen molar-refractivity contribution in [1.82, 2.24) is 10.2 Å². The molecule has 2 aromatic rings. The normalized spacial score (nSPS) is 26.2. The first-order valence-electron chi connectivity index (χ1n) is 13.8. The van der Waals surface area contributed by atoms with Gasteiger partial charge in [-0.25, -0.2) is 12.8 Å². The minimum Gasteiger partial charge on any atom is -0.357 e. The van der Waals surface area contributed by atoms with Gasteiger partial charge >= 0.3 is 0 Å². The molecule has 0 radical (unpaired) electrons. The summed E-state index contributed by atoms with van der Waals surface area (Å²) in [6.45, 7) is 0.886. The van der Waals surface area contributed by atoms with E-state index in [0.29, 0.717) is 5.69 Å². The molecule has 6 rings (SSSR count). The maximum absolute atomic E-state index is 14.4. The molecule has 39 heavy (non-hydrogen) atoms. The molecule has 0 aliphatic heterocycles. The molecule has 2 amide bonds. The zero-order valence-corrected chi connectivity index (χ0v) is 23.7. The largest absolute Gasteiger partial charge is 0.357 e. The van der Waals surface area contributed by atoms with Gasteiger partial charge in [-0.15, -0.1) is 0 Å². The number of benzene rings is 2. The highest BCUT2D eigenvalue weighted by Crippen LogP contribution is 2.60. The van der Waals surface area contributed by atoms with Gasteiger partial charge in [0.15, 0.2) is 0 Å². The lowest BCUT2D eigenvalue weighted by atomic mass is 9.48. The van der Waals surface area contributed by atoms with Crippen molar-refractivity contribution in [2.24, 2.45) is 17.8 Å². The fraction of sp³-hybridized carbons (Fsp3) is 0.533. The van der Waals surface area contributed by atoms with Gasteiger partial charge in [-0.3, -0.25) is 13.9 Å². The van der Waals surface area contributed by atoms with Crippen LogP contribution in [0.1, 0.15) is 56.6 Å². The standard InChI is InChI=1S/C30H38FN3O4S/c1-20(29(36)32-2)33(18-24-6-4-5-7-27(24)31)28(35)19-34(39(3,37)38)26-10-8-25(9-11-26)30-15-21-12-22(16-30)14-23(13-21)17-30/h4-11,20-23H,12-19H2,1-3H3,(H,32,36). The lowest BCUT2D eigenvalue weighted by Gasteiger charge is -2.57. The van der Waals surface area contributed by atoms with Crippen LogP contribution in [0.3, 0.4) is 0 Å². The molecule has 9 heteroatoms. The minimum absolute atomic E-state index is 0.164. The van der Waals surface area contributed by atoms with Crippen molar-refractivity contribution in [2.45, 2.75) is 63.5 Å². The van der Waals surface area contributed by atoms with Gasteiger partial charge in [0.05, 0.1) is 11.9 Å². The number of sulfonamides is 1. The summed E-state index contributed by atoms with van der Waals surface area (Å²) in [6, 6.07) is 12.8. The smallest absolute Gasteiger partial charge is 0.244 e. The van der Waals surface area contributed by atoms with Crippen LogP contribution in [0, 0.1) is 23.6 Å². The number of amides is 2. The molecule has 1 N–H and O–H groups in total. The number of carbonyl (C=O) groups is 2. The highest BCUT2D eigenvalue weighted by atomic mass is 32.2. The van der Waals surface area contributed by atoms with Gasteiger partial charge in [0.2, 0.25) is 21.8 Å². The van der Waals surface area contributed by atoms with Gasteiger partial charge in [-0.2, -0.15) is 0 Å². The van der Waals surface area contributed by atoms with Gasteiger partial charge in [0, 0.05) is 19.2 Å². The van der Waals surface area contributed by atoms with E-state index in [1.807, 2.05) is 12.1 Å². The van der Waals surface area contributed by atoms with E-state index >= 15 is 0 Å². The van der Waals surface area contributed by atoms with E-state index in [1.54, 1.807) is 37.3 Å².